The Morgan fingerprint density at radius 2 is 1.76 bits per heavy atom. The van der Waals surface area contributed by atoms with Gasteiger partial charge in [-0.15, -0.1) is 0 Å². The topological polar surface area (TPSA) is 111 Å². The number of amides is 2. The minimum Gasteiger partial charge on any atom is -0.381 e. The molecule has 1 fully saturated rings. The molecule has 0 radical (unpaired) electrons. The Bertz CT molecular complexity index is 1250. The summed E-state index contributed by atoms with van der Waals surface area (Å²) in [7, 11) is 3.08. The number of aldehydes is 2. The van der Waals surface area contributed by atoms with E-state index >= 15 is 0 Å². The van der Waals surface area contributed by atoms with Gasteiger partial charge in [-0.25, -0.2) is 9.78 Å². The Kier molecular flexibility index (Phi) is 10.2. The van der Waals surface area contributed by atoms with E-state index in [4.69, 9.17) is 21.3 Å². The number of nitrogens with two attached hydrogens (primary N) is 1. The average Bonchev–Trinajstić information content (AvgIpc) is 3.33. The lowest BCUT2D eigenvalue weighted by Gasteiger charge is -2.36. The number of benzene rings is 2. The molecule has 0 bridgehead atoms. The second kappa shape index (κ2) is 13.3. The fourth-order valence-corrected chi connectivity index (χ4v) is 4.48. The summed E-state index contributed by atoms with van der Waals surface area (Å²) in [4.78, 5) is 45.8. The molecular formula is C28H34ClN5O4. The van der Waals surface area contributed by atoms with Crippen LogP contribution in [0.4, 0.5) is 10.6 Å². The molecule has 0 aliphatic carbocycles. The zero-order chi connectivity index (χ0) is 27.8. The van der Waals surface area contributed by atoms with Crippen LogP contribution in [0.5, 0.6) is 0 Å². The Balaban J connectivity index is 0.00000195. The SMILES string of the molecule is CN.Cc1ccccc1-c1nc(N(C(=O)N(C)C(C)C=O)C2CCOCC2)c(C=O)n1-c1ccc(Cl)cc1. The molecule has 0 saturated carbocycles. The first-order valence-corrected chi connectivity index (χ1v) is 12.8. The molecule has 0 spiro atoms. The number of halogens is 1. The van der Waals surface area contributed by atoms with E-state index in [0.717, 1.165) is 17.4 Å². The second-order valence-electron chi connectivity index (χ2n) is 8.87. The summed E-state index contributed by atoms with van der Waals surface area (Å²) in [5.41, 5.74) is 7.23. The number of urea groups is 1. The number of anilines is 1. The predicted molar refractivity (Wildman–Crippen MR) is 149 cm³/mol. The van der Waals surface area contributed by atoms with E-state index in [1.165, 1.54) is 11.9 Å². The number of nitrogens with zero attached hydrogens (tertiary/aromatic N) is 4. The maximum absolute atomic E-state index is 13.8. The Morgan fingerprint density at radius 3 is 2.34 bits per heavy atom. The summed E-state index contributed by atoms with van der Waals surface area (Å²) in [6.45, 7) is 4.59. The van der Waals surface area contributed by atoms with Crippen LogP contribution >= 0.6 is 11.6 Å². The molecule has 38 heavy (non-hydrogen) atoms. The van der Waals surface area contributed by atoms with Crippen molar-refractivity contribution in [2.24, 2.45) is 5.73 Å². The van der Waals surface area contributed by atoms with Gasteiger partial charge in [0, 0.05) is 42.6 Å². The van der Waals surface area contributed by atoms with Crippen LogP contribution in [0.2, 0.25) is 5.02 Å². The van der Waals surface area contributed by atoms with Gasteiger partial charge in [0.1, 0.15) is 17.8 Å². The monoisotopic (exact) mass is 539 g/mol. The van der Waals surface area contributed by atoms with Crippen LogP contribution in [0.1, 0.15) is 35.8 Å². The van der Waals surface area contributed by atoms with E-state index < -0.39 is 12.1 Å². The molecule has 202 valence electrons. The molecule has 1 unspecified atom stereocenters. The van der Waals surface area contributed by atoms with Gasteiger partial charge in [0.05, 0.1) is 6.04 Å². The number of carbonyl (C=O) groups excluding carboxylic acids is 3. The molecule has 2 amide bonds. The highest BCUT2D eigenvalue weighted by atomic mass is 35.5. The number of aromatic nitrogens is 2. The van der Waals surface area contributed by atoms with E-state index in [1.54, 1.807) is 35.6 Å². The van der Waals surface area contributed by atoms with E-state index in [1.807, 2.05) is 43.3 Å². The Labute approximate surface area is 228 Å². The van der Waals surface area contributed by atoms with E-state index in [-0.39, 0.29) is 17.6 Å². The van der Waals surface area contributed by atoms with Gasteiger partial charge >= 0.3 is 6.03 Å². The quantitative estimate of drug-likeness (QED) is 0.442. The molecule has 2 heterocycles. The number of ether oxygens (including phenoxy) is 1. The van der Waals surface area contributed by atoms with Crippen molar-refractivity contribution in [3.8, 4) is 17.1 Å². The lowest BCUT2D eigenvalue weighted by atomic mass is 10.1. The molecule has 3 aromatic rings. The summed E-state index contributed by atoms with van der Waals surface area (Å²) in [6.07, 6.45) is 2.61. The molecule has 4 rings (SSSR count). The summed E-state index contributed by atoms with van der Waals surface area (Å²) >= 11 is 6.14. The first-order valence-electron chi connectivity index (χ1n) is 12.4. The van der Waals surface area contributed by atoms with Gasteiger partial charge in [0.25, 0.3) is 0 Å². The van der Waals surface area contributed by atoms with Crippen LogP contribution in [-0.4, -0.2) is 72.4 Å². The third kappa shape index (κ3) is 5.96. The van der Waals surface area contributed by atoms with Crippen molar-refractivity contribution >= 4 is 36.0 Å². The number of likely N-dealkylation sites (N-methyl/N-ethyl adjacent to an activating group) is 1. The van der Waals surface area contributed by atoms with Gasteiger partial charge in [-0.3, -0.25) is 14.3 Å². The summed E-state index contributed by atoms with van der Waals surface area (Å²) in [5.74, 6) is 0.781. The molecule has 1 aliphatic heterocycles. The molecule has 9 nitrogen and oxygen atoms in total. The predicted octanol–water partition coefficient (Wildman–Crippen LogP) is 4.51. The van der Waals surface area contributed by atoms with Crippen LogP contribution in [0.15, 0.2) is 48.5 Å². The first kappa shape index (κ1) is 29.0. The molecule has 10 heteroatoms. The first-order chi connectivity index (χ1) is 18.4. The van der Waals surface area contributed by atoms with Gasteiger partial charge in [-0.05, 0) is 63.6 Å². The number of carbonyl (C=O) groups is 3. The molecule has 1 aromatic heterocycles. The van der Waals surface area contributed by atoms with Crippen molar-refractivity contribution in [3.05, 3.63) is 64.8 Å². The smallest absolute Gasteiger partial charge is 0.326 e. The minimum absolute atomic E-state index is 0.238. The molecule has 1 saturated heterocycles. The van der Waals surface area contributed by atoms with Crippen LogP contribution < -0.4 is 10.6 Å². The fraction of sp³-hybridized carbons (Fsp3) is 0.357. The van der Waals surface area contributed by atoms with Gasteiger partial charge in [0.2, 0.25) is 0 Å². The van der Waals surface area contributed by atoms with Crippen LogP contribution in [0.25, 0.3) is 17.1 Å². The number of imidazole rings is 1. The van der Waals surface area contributed by atoms with E-state index in [2.05, 4.69) is 5.73 Å². The Hall–Kier alpha value is -3.53. The van der Waals surface area contributed by atoms with Crippen molar-refractivity contribution in [2.75, 3.05) is 32.2 Å². The summed E-state index contributed by atoms with van der Waals surface area (Å²) in [6, 6.07) is 13.6. The lowest BCUT2D eigenvalue weighted by molar-refractivity contribution is -0.110. The minimum atomic E-state index is -0.645. The van der Waals surface area contributed by atoms with Gasteiger partial charge in [-0.2, -0.15) is 0 Å². The average molecular weight is 540 g/mol. The second-order valence-corrected chi connectivity index (χ2v) is 9.31. The highest BCUT2D eigenvalue weighted by molar-refractivity contribution is 6.30. The van der Waals surface area contributed by atoms with E-state index in [0.29, 0.717) is 48.9 Å². The maximum Gasteiger partial charge on any atom is 0.326 e. The van der Waals surface area contributed by atoms with E-state index in [9.17, 15) is 14.4 Å². The number of aryl methyl sites for hydroxylation is 1. The van der Waals surface area contributed by atoms with Crippen LogP contribution in [-0.2, 0) is 9.53 Å². The molecular weight excluding hydrogens is 506 g/mol. The van der Waals surface area contributed by atoms with Gasteiger partial charge in [0.15, 0.2) is 12.1 Å². The standard InChI is InChI=1S/C27H29ClN4O4.CH5N/c1-18-6-4-5-7-23(18)25-29-26(24(17-34)31(25)21-10-8-20(28)9-11-21)32(22-12-14-36-15-13-22)27(35)30(3)19(2)16-33;1-2/h4-11,16-17,19,22H,12-15H2,1-3H3;2H2,1H3. The molecule has 2 N–H and O–H groups in total. The highest BCUT2D eigenvalue weighted by Gasteiger charge is 2.36. The van der Waals surface area contributed by atoms with Crippen molar-refractivity contribution in [1.82, 2.24) is 14.5 Å². The largest absolute Gasteiger partial charge is 0.381 e. The van der Waals surface area contributed by atoms with Gasteiger partial charge < -0.3 is 20.2 Å². The molecule has 1 aliphatic rings. The molecule has 2 aromatic carbocycles. The zero-order valence-corrected chi connectivity index (χ0v) is 22.9. The normalized spacial score (nSPS) is 14.2. The third-order valence-electron chi connectivity index (χ3n) is 6.58. The zero-order valence-electron chi connectivity index (χ0n) is 22.1. The highest BCUT2D eigenvalue weighted by Crippen LogP contribution is 2.35. The van der Waals surface area contributed by atoms with Crippen molar-refractivity contribution in [3.63, 3.8) is 0 Å². The number of hydrogen-bond donors (Lipinski definition) is 1. The number of hydrogen-bond acceptors (Lipinski definition) is 6. The van der Waals surface area contributed by atoms with Crippen molar-refractivity contribution < 1.29 is 19.1 Å². The lowest BCUT2D eigenvalue weighted by Crippen LogP contribution is -2.52. The summed E-state index contributed by atoms with van der Waals surface area (Å²) < 4.78 is 7.28. The Morgan fingerprint density at radius 1 is 1.13 bits per heavy atom. The summed E-state index contributed by atoms with van der Waals surface area (Å²) in [5, 5.41) is 0.563. The molecule has 1 atom stereocenters. The third-order valence-corrected chi connectivity index (χ3v) is 6.83. The van der Waals surface area contributed by atoms with Gasteiger partial charge in [-0.1, -0.05) is 35.9 Å². The van der Waals surface area contributed by atoms with Crippen molar-refractivity contribution in [1.29, 1.82) is 0 Å². The maximum atomic E-state index is 13.8. The van der Waals surface area contributed by atoms with Crippen molar-refractivity contribution in [2.45, 2.75) is 38.8 Å². The van der Waals surface area contributed by atoms with Crippen LogP contribution in [0, 0.1) is 6.92 Å². The van der Waals surface area contributed by atoms with Crippen LogP contribution in [0.3, 0.4) is 0 Å². The number of rotatable bonds is 7. The fourth-order valence-electron chi connectivity index (χ4n) is 4.36.